The third-order valence-electron chi connectivity index (χ3n) is 3.95. The minimum absolute atomic E-state index is 0.518. The molecule has 0 fully saturated rings. The Morgan fingerprint density at radius 2 is 1.55 bits per heavy atom. The predicted octanol–water partition coefficient (Wildman–Crippen LogP) is 4.13. The van der Waals surface area contributed by atoms with Crippen LogP contribution in [0, 0.1) is 0 Å². The maximum Gasteiger partial charge on any atom is 0.264 e. The first-order chi connectivity index (χ1) is 10.6. The van der Waals surface area contributed by atoms with Gasteiger partial charge < -0.3 is 9.47 Å². The first kappa shape index (κ1) is 14.8. The molecule has 0 spiro atoms. The van der Waals surface area contributed by atoms with E-state index in [9.17, 15) is 0 Å². The van der Waals surface area contributed by atoms with Crippen molar-refractivity contribution in [1.82, 2.24) is 0 Å². The van der Waals surface area contributed by atoms with Gasteiger partial charge in [-0.3, -0.25) is 0 Å². The van der Waals surface area contributed by atoms with Crippen molar-refractivity contribution in [3.8, 4) is 0 Å². The molecule has 0 saturated heterocycles. The summed E-state index contributed by atoms with van der Waals surface area (Å²) in [7, 11) is 0. The fourth-order valence-corrected chi connectivity index (χ4v) is 2.88. The van der Waals surface area contributed by atoms with Crippen LogP contribution >= 0.6 is 0 Å². The minimum Gasteiger partial charge on any atom is -0.438 e. The van der Waals surface area contributed by atoms with Crippen molar-refractivity contribution in [3.05, 3.63) is 71.8 Å². The van der Waals surface area contributed by atoms with E-state index in [0.717, 1.165) is 11.1 Å². The third kappa shape index (κ3) is 2.32. The van der Waals surface area contributed by atoms with Crippen LogP contribution in [0.1, 0.15) is 31.9 Å². The van der Waals surface area contributed by atoms with E-state index >= 15 is 0 Å². The van der Waals surface area contributed by atoms with Crippen molar-refractivity contribution in [2.45, 2.75) is 32.1 Å². The highest BCUT2D eigenvalue weighted by Crippen LogP contribution is 2.45. The van der Waals surface area contributed by atoms with E-state index in [1.54, 1.807) is 0 Å². The van der Waals surface area contributed by atoms with Gasteiger partial charge in [0.1, 0.15) is 5.54 Å². The van der Waals surface area contributed by atoms with Gasteiger partial charge in [0.25, 0.3) is 5.79 Å². The first-order valence-electron chi connectivity index (χ1n) is 7.63. The molecular formula is C19H21NO2. The van der Waals surface area contributed by atoms with Crippen LogP contribution in [-0.4, -0.2) is 18.0 Å². The summed E-state index contributed by atoms with van der Waals surface area (Å²) in [5.74, 6) is -0.267. The van der Waals surface area contributed by atoms with Gasteiger partial charge in [0.15, 0.2) is 0 Å². The van der Waals surface area contributed by atoms with E-state index in [1.807, 2.05) is 81.4 Å². The van der Waals surface area contributed by atoms with Crippen LogP contribution in [0.4, 0.5) is 0 Å². The lowest BCUT2D eigenvalue weighted by Crippen LogP contribution is -2.47. The van der Waals surface area contributed by atoms with Crippen LogP contribution in [0.25, 0.3) is 0 Å². The van der Waals surface area contributed by atoms with Gasteiger partial charge in [-0.15, -0.1) is 0 Å². The molecule has 0 bridgehead atoms. The smallest absolute Gasteiger partial charge is 0.264 e. The van der Waals surface area contributed by atoms with Crippen LogP contribution in [0.15, 0.2) is 65.7 Å². The lowest BCUT2D eigenvalue weighted by atomic mass is 9.88. The number of hydrogen-bond acceptors (Lipinski definition) is 3. The zero-order chi connectivity index (χ0) is 15.6. The van der Waals surface area contributed by atoms with Crippen LogP contribution in [0.5, 0.6) is 0 Å². The molecule has 1 atom stereocenters. The summed E-state index contributed by atoms with van der Waals surface area (Å²) in [6, 6.07) is 20.0. The third-order valence-corrected chi connectivity index (χ3v) is 3.95. The van der Waals surface area contributed by atoms with Crippen LogP contribution in [0.2, 0.25) is 0 Å². The summed E-state index contributed by atoms with van der Waals surface area (Å²) < 4.78 is 12.4. The predicted molar refractivity (Wildman–Crippen MR) is 87.9 cm³/mol. The Balaban J connectivity index is 2.06. The molecule has 3 heteroatoms. The zero-order valence-corrected chi connectivity index (χ0v) is 13.2. The minimum atomic E-state index is -0.895. The largest absolute Gasteiger partial charge is 0.438 e. The van der Waals surface area contributed by atoms with Crippen LogP contribution < -0.4 is 0 Å². The molecule has 0 amide bonds. The average molecular weight is 295 g/mol. The van der Waals surface area contributed by atoms with E-state index in [0.29, 0.717) is 12.5 Å². The van der Waals surface area contributed by atoms with Gasteiger partial charge >= 0.3 is 0 Å². The SMILES string of the molecule is CCOC1(c2ccccc2)OC(c2ccccc2)=NC1(C)C. The Morgan fingerprint density at radius 1 is 0.955 bits per heavy atom. The lowest BCUT2D eigenvalue weighted by Gasteiger charge is -2.37. The second-order valence-electron chi connectivity index (χ2n) is 5.86. The molecule has 2 aromatic rings. The van der Waals surface area contributed by atoms with Gasteiger partial charge in [-0.05, 0) is 32.9 Å². The number of ether oxygens (including phenoxy) is 2. The molecule has 3 rings (SSSR count). The van der Waals surface area contributed by atoms with E-state index in [4.69, 9.17) is 14.5 Å². The van der Waals surface area contributed by atoms with Crippen molar-refractivity contribution < 1.29 is 9.47 Å². The van der Waals surface area contributed by atoms with Crippen molar-refractivity contribution >= 4 is 5.90 Å². The summed E-state index contributed by atoms with van der Waals surface area (Å²) >= 11 is 0. The Kier molecular flexibility index (Phi) is 3.75. The van der Waals surface area contributed by atoms with E-state index in [-0.39, 0.29) is 0 Å². The molecule has 0 radical (unpaired) electrons. The number of hydrogen-bond donors (Lipinski definition) is 0. The van der Waals surface area contributed by atoms with Crippen LogP contribution in [0.3, 0.4) is 0 Å². The second kappa shape index (κ2) is 5.58. The topological polar surface area (TPSA) is 30.8 Å². The highest BCUT2D eigenvalue weighted by molar-refractivity contribution is 5.96. The average Bonchev–Trinajstić information content (AvgIpc) is 2.82. The number of aliphatic imine (C=N–C) groups is 1. The maximum absolute atomic E-state index is 6.30. The fraction of sp³-hybridized carbons (Fsp3) is 0.316. The molecule has 1 heterocycles. The Hall–Kier alpha value is -2.13. The molecule has 114 valence electrons. The maximum atomic E-state index is 6.30. The summed E-state index contributed by atoms with van der Waals surface area (Å²) in [6.45, 7) is 6.62. The fourth-order valence-electron chi connectivity index (χ4n) is 2.88. The van der Waals surface area contributed by atoms with Gasteiger partial charge in [-0.25, -0.2) is 4.99 Å². The Morgan fingerprint density at radius 3 is 2.14 bits per heavy atom. The molecule has 1 aliphatic heterocycles. The molecule has 22 heavy (non-hydrogen) atoms. The van der Waals surface area contributed by atoms with E-state index in [2.05, 4.69) is 0 Å². The van der Waals surface area contributed by atoms with Crippen LogP contribution in [-0.2, 0) is 15.3 Å². The second-order valence-corrected chi connectivity index (χ2v) is 5.86. The van der Waals surface area contributed by atoms with Crippen molar-refractivity contribution in [1.29, 1.82) is 0 Å². The van der Waals surface area contributed by atoms with E-state index < -0.39 is 11.3 Å². The highest BCUT2D eigenvalue weighted by atomic mass is 16.7. The Bertz CT molecular complexity index is 664. The molecule has 2 aromatic carbocycles. The van der Waals surface area contributed by atoms with Crippen molar-refractivity contribution in [2.75, 3.05) is 6.61 Å². The normalized spacial score (nSPS) is 23.0. The quantitative estimate of drug-likeness (QED) is 0.849. The molecular weight excluding hydrogens is 274 g/mol. The summed E-state index contributed by atoms with van der Waals surface area (Å²) in [6.07, 6.45) is 0. The molecule has 3 nitrogen and oxygen atoms in total. The van der Waals surface area contributed by atoms with Gasteiger partial charge in [0.2, 0.25) is 5.90 Å². The molecule has 0 aromatic heterocycles. The zero-order valence-electron chi connectivity index (χ0n) is 13.2. The standard InChI is InChI=1S/C19H21NO2/c1-4-21-19(16-13-9-6-10-14-16)18(2,3)20-17(22-19)15-11-7-5-8-12-15/h5-14H,4H2,1-3H3. The van der Waals surface area contributed by atoms with Gasteiger partial charge in [0.05, 0.1) is 0 Å². The molecule has 0 saturated carbocycles. The number of benzene rings is 2. The summed E-state index contributed by atoms with van der Waals surface area (Å²) in [5.41, 5.74) is 1.43. The Labute approximate surface area is 131 Å². The van der Waals surface area contributed by atoms with Gasteiger partial charge in [-0.2, -0.15) is 0 Å². The molecule has 0 aliphatic carbocycles. The molecule has 0 N–H and O–H groups in total. The number of rotatable bonds is 4. The van der Waals surface area contributed by atoms with Gasteiger partial charge in [0, 0.05) is 17.7 Å². The first-order valence-corrected chi connectivity index (χ1v) is 7.63. The van der Waals surface area contributed by atoms with Crippen molar-refractivity contribution in [3.63, 3.8) is 0 Å². The van der Waals surface area contributed by atoms with E-state index in [1.165, 1.54) is 0 Å². The molecule has 1 aliphatic rings. The molecule has 1 unspecified atom stereocenters. The highest BCUT2D eigenvalue weighted by Gasteiger charge is 2.55. The summed E-state index contributed by atoms with van der Waals surface area (Å²) in [5, 5.41) is 0. The lowest BCUT2D eigenvalue weighted by molar-refractivity contribution is -0.218. The number of nitrogens with zero attached hydrogens (tertiary/aromatic N) is 1. The summed E-state index contributed by atoms with van der Waals surface area (Å²) in [4.78, 5) is 4.81. The van der Waals surface area contributed by atoms with Crippen molar-refractivity contribution in [2.24, 2.45) is 4.99 Å². The monoisotopic (exact) mass is 295 g/mol. The van der Waals surface area contributed by atoms with Gasteiger partial charge in [-0.1, -0.05) is 48.5 Å².